The molecule has 0 saturated carbocycles. The van der Waals surface area contributed by atoms with Crippen LogP contribution in [0.3, 0.4) is 0 Å². The third-order valence-corrected chi connectivity index (χ3v) is 4.53. The van der Waals surface area contributed by atoms with Crippen LogP contribution in [0.15, 0.2) is 49.1 Å². The molecule has 1 unspecified atom stereocenters. The van der Waals surface area contributed by atoms with Crippen molar-refractivity contribution >= 4 is 10.9 Å². The number of likely N-dealkylation sites (tertiary alicyclic amines) is 1. The van der Waals surface area contributed by atoms with Gasteiger partial charge in [-0.1, -0.05) is 12.1 Å². The lowest BCUT2D eigenvalue weighted by Gasteiger charge is -2.32. The van der Waals surface area contributed by atoms with Crippen LogP contribution in [0.1, 0.15) is 30.0 Å². The van der Waals surface area contributed by atoms with Gasteiger partial charge in [0.15, 0.2) is 0 Å². The van der Waals surface area contributed by atoms with Gasteiger partial charge >= 0.3 is 0 Å². The first-order chi connectivity index (χ1) is 10.9. The van der Waals surface area contributed by atoms with E-state index in [2.05, 4.69) is 44.1 Å². The number of fused-ring (bicyclic) bond motifs is 1. The molecule has 1 aliphatic rings. The van der Waals surface area contributed by atoms with Crippen molar-refractivity contribution in [2.45, 2.75) is 25.3 Å². The molecule has 22 heavy (non-hydrogen) atoms. The molecule has 3 heterocycles. The number of hydrogen-bond donors (Lipinski definition) is 1. The average Bonchev–Trinajstić information content (AvgIpc) is 3.04. The standard InChI is InChI=1S/C18H20N4/c1-2-16(18-11-19-7-8-21-18)13-22(9-1)12-14-3-4-15-5-6-20-17(15)10-14/h3-8,10-11,16,20H,1-2,9,12-13H2. The Labute approximate surface area is 130 Å². The lowest BCUT2D eigenvalue weighted by Crippen LogP contribution is -2.34. The Balaban J connectivity index is 1.48. The van der Waals surface area contributed by atoms with E-state index in [1.807, 2.05) is 12.4 Å². The maximum atomic E-state index is 4.48. The molecule has 1 atom stereocenters. The lowest BCUT2D eigenvalue weighted by molar-refractivity contribution is 0.198. The van der Waals surface area contributed by atoms with Gasteiger partial charge in [0.2, 0.25) is 0 Å². The van der Waals surface area contributed by atoms with Crippen LogP contribution in [0.4, 0.5) is 0 Å². The van der Waals surface area contributed by atoms with E-state index in [1.54, 1.807) is 12.4 Å². The highest BCUT2D eigenvalue weighted by atomic mass is 15.1. The number of aromatic nitrogens is 3. The van der Waals surface area contributed by atoms with Crippen molar-refractivity contribution in [1.82, 2.24) is 19.9 Å². The van der Waals surface area contributed by atoms with Gasteiger partial charge in [-0.05, 0) is 42.5 Å². The summed E-state index contributed by atoms with van der Waals surface area (Å²) in [6.07, 6.45) is 9.90. The first-order valence-corrected chi connectivity index (χ1v) is 7.93. The van der Waals surface area contributed by atoms with Crippen molar-refractivity contribution in [3.63, 3.8) is 0 Å². The lowest BCUT2D eigenvalue weighted by atomic mass is 9.94. The van der Waals surface area contributed by atoms with E-state index < -0.39 is 0 Å². The first-order valence-electron chi connectivity index (χ1n) is 7.93. The monoisotopic (exact) mass is 292 g/mol. The Morgan fingerprint density at radius 3 is 3.14 bits per heavy atom. The van der Waals surface area contributed by atoms with Crippen molar-refractivity contribution < 1.29 is 0 Å². The minimum Gasteiger partial charge on any atom is -0.361 e. The summed E-state index contributed by atoms with van der Waals surface area (Å²) in [4.78, 5) is 14.5. The predicted octanol–water partition coefficient (Wildman–Crippen LogP) is 3.34. The Morgan fingerprint density at radius 1 is 1.23 bits per heavy atom. The van der Waals surface area contributed by atoms with Crippen molar-refractivity contribution in [2.24, 2.45) is 0 Å². The molecule has 112 valence electrons. The second-order valence-corrected chi connectivity index (χ2v) is 6.10. The van der Waals surface area contributed by atoms with Crippen LogP contribution in [0.2, 0.25) is 0 Å². The van der Waals surface area contributed by atoms with E-state index in [9.17, 15) is 0 Å². The van der Waals surface area contributed by atoms with E-state index in [0.717, 1.165) is 18.8 Å². The number of nitrogens with zero attached hydrogens (tertiary/aromatic N) is 3. The molecule has 0 spiro atoms. The zero-order valence-electron chi connectivity index (χ0n) is 12.6. The van der Waals surface area contributed by atoms with Crippen molar-refractivity contribution in [2.75, 3.05) is 13.1 Å². The highest BCUT2D eigenvalue weighted by molar-refractivity contribution is 5.79. The normalized spacial score (nSPS) is 19.5. The minimum atomic E-state index is 0.511. The highest BCUT2D eigenvalue weighted by Crippen LogP contribution is 2.26. The molecule has 2 aromatic heterocycles. The number of rotatable bonds is 3. The summed E-state index contributed by atoms with van der Waals surface area (Å²) in [5.41, 5.74) is 3.72. The number of piperidine rings is 1. The summed E-state index contributed by atoms with van der Waals surface area (Å²) in [6, 6.07) is 8.82. The Morgan fingerprint density at radius 2 is 2.23 bits per heavy atom. The van der Waals surface area contributed by atoms with Crippen LogP contribution in [-0.2, 0) is 6.54 Å². The second-order valence-electron chi connectivity index (χ2n) is 6.10. The fourth-order valence-electron chi connectivity index (χ4n) is 3.41. The molecule has 1 aromatic carbocycles. The first kappa shape index (κ1) is 13.5. The van der Waals surface area contributed by atoms with Gasteiger partial charge < -0.3 is 4.98 Å². The molecule has 4 rings (SSSR count). The topological polar surface area (TPSA) is 44.8 Å². The van der Waals surface area contributed by atoms with E-state index in [0.29, 0.717) is 5.92 Å². The molecular formula is C18H20N4. The Hall–Kier alpha value is -2.20. The van der Waals surface area contributed by atoms with E-state index in [1.165, 1.54) is 35.9 Å². The van der Waals surface area contributed by atoms with Crippen molar-refractivity contribution in [3.05, 3.63) is 60.3 Å². The fraction of sp³-hybridized carbons (Fsp3) is 0.333. The predicted molar refractivity (Wildman–Crippen MR) is 87.6 cm³/mol. The quantitative estimate of drug-likeness (QED) is 0.805. The fourth-order valence-corrected chi connectivity index (χ4v) is 3.41. The average molecular weight is 292 g/mol. The van der Waals surface area contributed by atoms with Gasteiger partial charge in [0.05, 0.1) is 5.69 Å². The molecule has 1 saturated heterocycles. The second kappa shape index (κ2) is 5.89. The van der Waals surface area contributed by atoms with Gasteiger partial charge in [-0.3, -0.25) is 14.9 Å². The summed E-state index contributed by atoms with van der Waals surface area (Å²) < 4.78 is 0. The van der Waals surface area contributed by atoms with E-state index in [-0.39, 0.29) is 0 Å². The van der Waals surface area contributed by atoms with Crippen molar-refractivity contribution in [3.8, 4) is 0 Å². The molecule has 1 aliphatic heterocycles. The number of aromatic amines is 1. The zero-order chi connectivity index (χ0) is 14.8. The van der Waals surface area contributed by atoms with Crippen molar-refractivity contribution in [1.29, 1.82) is 0 Å². The molecule has 1 N–H and O–H groups in total. The highest BCUT2D eigenvalue weighted by Gasteiger charge is 2.22. The van der Waals surface area contributed by atoms with Gasteiger partial charge in [0, 0.05) is 49.3 Å². The Kier molecular flexibility index (Phi) is 3.60. The van der Waals surface area contributed by atoms with Gasteiger partial charge in [0.25, 0.3) is 0 Å². The number of benzene rings is 1. The molecule has 4 heteroatoms. The van der Waals surface area contributed by atoms with Crippen LogP contribution < -0.4 is 0 Å². The van der Waals surface area contributed by atoms with E-state index in [4.69, 9.17) is 0 Å². The van der Waals surface area contributed by atoms with Crippen LogP contribution in [0.25, 0.3) is 10.9 Å². The molecular weight excluding hydrogens is 272 g/mol. The van der Waals surface area contributed by atoms with Gasteiger partial charge in [-0.15, -0.1) is 0 Å². The zero-order valence-corrected chi connectivity index (χ0v) is 12.6. The molecule has 0 radical (unpaired) electrons. The van der Waals surface area contributed by atoms with E-state index >= 15 is 0 Å². The van der Waals surface area contributed by atoms with Gasteiger partial charge in [0.1, 0.15) is 0 Å². The molecule has 3 aromatic rings. The van der Waals surface area contributed by atoms with Crippen LogP contribution in [0, 0.1) is 0 Å². The molecule has 4 nitrogen and oxygen atoms in total. The van der Waals surface area contributed by atoms with Gasteiger partial charge in [-0.2, -0.15) is 0 Å². The summed E-state index contributed by atoms with van der Waals surface area (Å²) in [6.45, 7) is 3.24. The number of nitrogens with one attached hydrogen (secondary N) is 1. The summed E-state index contributed by atoms with van der Waals surface area (Å²) in [5.74, 6) is 0.511. The summed E-state index contributed by atoms with van der Waals surface area (Å²) in [5, 5.41) is 1.28. The van der Waals surface area contributed by atoms with Crippen LogP contribution in [-0.4, -0.2) is 32.9 Å². The largest absolute Gasteiger partial charge is 0.361 e. The maximum Gasteiger partial charge on any atom is 0.0630 e. The minimum absolute atomic E-state index is 0.511. The molecule has 0 bridgehead atoms. The van der Waals surface area contributed by atoms with Crippen LogP contribution >= 0.6 is 0 Å². The number of H-pyrrole nitrogens is 1. The Bertz CT molecular complexity index is 750. The molecule has 1 fully saturated rings. The third kappa shape index (κ3) is 2.74. The maximum absolute atomic E-state index is 4.48. The summed E-state index contributed by atoms with van der Waals surface area (Å²) in [7, 11) is 0. The third-order valence-electron chi connectivity index (χ3n) is 4.53. The summed E-state index contributed by atoms with van der Waals surface area (Å²) >= 11 is 0. The smallest absolute Gasteiger partial charge is 0.0630 e. The molecule has 0 amide bonds. The van der Waals surface area contributed by atoms with Crippen LogP contribution in [0.5, 0.6) is 0 Å². The molecule has 0 aliphatic carbocycles. The van der Waals surface area contributed by atoms with Gasteiger partial charge in [-0.25, -0.2) is 0 Å². The number of hydrogen-bond acceptors (Lipinski definition) is 3. The SMILES string of the molecule is c1cnc(C2CCCN(Cc3ccc4cc[nH]c4c3)C2)cn1.